The molecule has 0 bridgehead atoms. The molecule has 0 aromatic heterocycles. The van der Waals surface area contributed by atoms with Gasteiger partial charge in [0.05, 0.1) is 179 Å². The number of primary amides is 1. The second-order valence-electron chi connectivity index (χ2n) is 21.0. The van der Waals surface area contributed by atoms with Crippen LogP contribution in [0.4, 0.5) is 0 Å². The van der Waals surface area contributed by atoms with E-state index in [9.17, 15) is 43.2 Å². The molecular weight excluding hydrogens is 1370 g/mol. The maximum atomic E-state index is 12.2. The van der Waals surface area contributed by atoms with Gasteiger partial charge in [-0.2, -0.15) is 0 Å². The van der Waals surface area contributed by atoms with Crippen molar-refractivity contribution in [1.29, 1.82) is 0 Å². The number of carbonyl (C=O) groups is 9. The van der Waals surface area contributed by atoms with E-state index in [0.29, 0.717) is 17.2 Å². The van der Waals surface area contributed by atoms with Gasteiger partial charge in [0.15, 0.2) is 6.61 Å². The van der Waals surface area contributed by atoms with Gasteiger partial charge in [0, 0.05) is 64.0 Å². The number of rotatable bonds is 71. The Morgan fingerprint density at radius 3 is 0.767 bits per heavy atom. The van der Waals surface area contributed by atoms with Gasteiger partial charge in [-0.1, -0.05) is 12.1 Å². The molecule has 2 aromatic rings. The second kappa shape index (κ2) is 65.2. The van der Waals surface area contributed by atoms with Crippen LogP contribution in [0.3, 0.4) is 0 Å². The van der Waals surface area contributed by atoms with Crippen LogP contribution < -0.4 is 68.2 Å². The first kappa shape index (κ1) is 91.5. The SMILES string of the molecule is COc1ccc(C(N)c2ccc(OCC(=O)NCCOCCOCC(=O)NCCOCCOCC(=O)NCCOCCOCC(=O)NCCOCCOCC(=O)NCCOCCOCC(=O)NCCOCCOCC(=O)NCCOCCOCC(=O)NCCOCCOCC(N)=O)cc2)c(OC)c1. The molecule has 12 N–H and O–H groups in total. The summed E-state index contributed by atoms with van der Waals surface area (Å²) >= 11 is 0. The predicted molar refractivity (Wildman–Crippen MR) is 364 cm³/mol. The summed E-state index contributed by atoms with van der Waals surface area (Å²) in [6, 6.07) is 12.1. The van der Waals surface area contributed by atoms with E-state index >= 15 is 0 Å². The monoisotopic (exact) mass is 1480 g/mol. The molecule has 0 heterocycles. The molecule has 0 aliphatic heterocycles. The molecule has 103 heavy (non-hydrogen) atoms. The summed E-state index contributed by atoms with van der Waals surface area (Å²) in [7, 11) is 3.15. The van der Waals surface area contributed by atoms with E-state index in [0.717, 1.165) is 11.1 Å². The van der Waals surface area contributed by atoms with Crippen LogP contribution in [0.5, 0.6) is 17.2 Å². The molecule has 0 fully saturated rings. The molecule has 0 spiro atoms. The quantitative estimate of drug-likeness (QED) is 0.0277. The minimum absolute atomic E-state index is 0.142. The predicted octanol–water partition coefficient (Wildman–Crippen LogP) is -5.19. The topological polar surface area (TPSA) is 477 Å². The van der Waals surface area contributed by atoms with Crippen LogP contribution in [0.1, 0.15) is 17.2 Å². The van der Waals surface area contributed by atoms with Gasteiger partial charge < -0.3 is 144 Å². The van der Waals surface area contributed by atoms with Crippen LogP contribution in [0, 0.1) is 0 Å². The van der Waals surface area contributed by atoms with Crippen LogP contribution in [-0.2, 0) is 119 Å². The average molecular weight is 1480 g/mol. The highest BCUT2D eigenvalue weighted by atomic mass is 16.6. The molecule has 586 valence electrons. The fourth-order valence-corrected chi connectivity index (χ4v) is 7.77. The van der Waals surface area contributed by atoms with Gasteiger partial charge in [0.1, 0.15) is 70.1 Å². The highest BCUT2D eigenvalue weighted by molar-refractivity contribution is 5.80. The zero-order valence-electron chi connectivity index (χ0n) is 59.2. The van der Waals surface area contributed by atoms with Crippen LogP contribution >= 0.6 is 0 Å². The summed E-state index contributed by atoms with van der Waals surface area (Å²) in [5, 5.41) is 21.3. The van der Waals surface area contributed by atoms with E-state index in [1.54, 1.807) is 32.4 Å². The van der Waals surface area contributed by atoms with E-state index in [1.807, 2.05) is 24.3 Å². The largest absolute Gasteiger partial charge is 0.497 e. The van der Waals surface area contributed by atoms with E-state index in [-0.39, 0.29) is 318 Å². The molecule has 38 heteroatoms. The van der Waals surface area contributed by atoms with Crippen LogP contribution in [-0.4, -0.2) is 338 Å². The lowest BCUT2D eigenvalue weighted by Crippen LogP contribution is -2.33. The molecule has 0 radical (unpaired) electrons. The molecule has 2 rings (SSSR count). The lowest BCUT2D eigenvalue weighted by atomic mass is 9.98. The van der Waals surface area contributed by atoms with Crippen molar-refractivity contribution in [2.24, 2.45) is 11.5 Å². The minimum atomic E-state index is -0.560. The summed E-state index contributed by atoms with van der Waals surface area (Å²) in [4.78, 5) is 106. The lowest BCUT2D eigenvalue weighted by molar-refractivity contribution is -0.128. The Hall–Kier alpha value is -7.61. The Kier molecular flexibility index (Phi) is 57.9. The molecule has 38 nitrogen and oxygen atoms in total. The Labute approximate surface area is 600 Å². The number of nitrogens with one attached hydrogen (secondary N) is 8. The fourth-order valence-electron chi connectivity index (χ4n) is 7.77. The van der Waals surface area contributed by atoms with E-state index in [4.69, 9.17) is 101 Å². The highest BCUT2D eigenvalue weighted by Crippen LogP contribution is 2.32. The van der Waals surface area contributed by atoms with Gasteiger partial charge in [-0.15, -0.1) is 0 Å². The highest BCUT2D eigenvalue weighted by Gasteiger charge is 2.16. The number of amides is 9. The number of benzene rings is 2. The lowest BCUT2D eigenvalue weighted by Gasteiger charge is -2.17. The molecular formula is C65H108N10O28. The Balaban J connectivity index is 1.22. The van der Waals surface area contributed by atoms with Crippen molar-refractivity contribution in [2.75, 3.05) is 285 Å². The van der Waals surface area contributed by atoms with Crippen molar-refractivity contribution in [3.8, 4) is 17.2 Å². The molecule has 0 aliphatic carbocycles. The summed E-state index contributed by atoms with van der Waals surface area (Å²) in [6.07, 6.45) is 0. The van der Waals surface area contributed by atoms with E-state index in [2.05, 4.69) is 42.5 Å². The molecule has 2 aromatic carbocycles. The van der Waals surface area contributed by atoms with Crippen molar-refractivity contribution in [3.05, 3.63) is 53.6 Å². The van der Waals surface area contributed by atoms with Gasteiger partial charge in [-0.05, 0) is 29.8 Å². The average Bonchev–Trinajstić information content (AvgIpc) is 0.825. The van der Waals surface area contributed by atoms with Gasteiger partial charge in [-0.25, -0.2) is 0 Å². The van der Waals surface area contributed by atoms with Crippen molar-refractivity contribution >= 4 is 53.2 Å². The minimum Gasteiger partial charge on any atom is -0.497 e. The van der Waals surface area contributed by atoms with Crippen molar-refractivity contribution < 1.29 is 133 Å². The summed E-state index contributed by atoms with van der Waals surface area (Å²) in [6.45, 7) is 5.61. The number of hydrogen-bond acceptors (Lipinski definition) is 29. The van der Waals surface area contributed by atoms with Crippen molar-refractivity contribution in [3.63, 3.8) is 0 Å². The number of methoxy groups -OCH3 is 2. The molecule has 1 unspecified atom stereocenters. The first-order valence-corrected chi connectivity index (χ1v) is 33.6. The summed E-state index contributed by atoms with van der Waals surface area (Å²) in [5.74, 6) is -1.40. The molecule has 0 aliphatic rings. The Morgan fingerprint density at radius 2 is 0.524 bits per heavy atom. The van der Waals surface area contributed by atoms with Crippen LogP contribution in [0.15, 0.2) is 42.5 Å². The van der Waals surface area contributed by atoms with Crippen LogP contribution in [0.25, 0.3) is 0 Å². The third-order valence-electron chi connectivity index (χ3n) is 12.8. The third kappa shape index (κ3) is 55.6. The maximum Gasteiger partial charge on any atom is 0.258 e. The zero-order valence-corrected chi connectivity index (χ0v) is 59.2. The summed E-state index contributed by atoms with van der Waals surface area (Å²) < 4.78 is 101. The van der Waals surface area contributed by atoms with Gasteiger partial charge in [-0.3, -0.25) is 43.2 Å². The first-order valence-electron chi connectivity index (χ1n) is 33.6. The van der Waals surface area contributed by atoms with Gasteiger partial charge in [0.2, 0.25) is 47.3 Å². The number of nitrogens with two attached hydrogens (primary N) is 2. The second-order valence-corrected chi connectivity index (χ2v) is 21.0. The zero-order chi connectivity index (χ0) is 74.7. The van der Waals surface area contributed by atoms with Crippen molar-refractivity contribution in [1.82, 2.24) is 42.5 Å². The smallest absolute Gasteiger partial charge is 0.258 e. The fraction of sp³-hybridized carbons (Fsp3) is 0.677. The van der Waals surface area contributed by atoms with Crippen molar-refractivity contribution in [2.45, 2.75) is 6.04 Å². The normalized spacial score (nSPS) is 11.3. The number of ether oxygens (including phenoxy) is 19. The van der Waals surface area contributed by atoms with Crippen LogP contribution in [0.2, 0.25) is 0 Å². The molecule has 9 amide bonds. The third-order valence-corrected chi connectivity index (χ3v) is 12.8. The Morgan fingerprint density at radius 1 is 0.291 bits per heavy atom. The summed E-state index contributed by atoms with van der Waals surface area (Å²) in [5.41, 5.74) is 13.1. The van der Waals surface area contributed by atoms with E-state index in [1.165, 1.54) is 0 Å². The molecule has 0 saturated carbocycles. The van der Waals surface area contributed by atoms with E-state index < -0.39 is 11.9 Å². The standard InChI is InChI=1S/C65H108N10O28/c1-85-53-7-8-54(55(41-53)86-2)65(67)51-3-5-52(6-4-51)103-50-64(84)75-16-24-94-32-40-102-49-63(83)74-15-23-93-31-39-101-48-62(82)73-14-22-92-30-38-100-47-61(81)72-13-21-91-29-37-99-46-60(80)71-12-20-90-28-36-98-45-59(79)70-11-19-89-27-35-97-44-58(78)69-10-18-88-26-34-96-43-57(77)68-9-17-87-25-33-95-42-56(66)76/h3-8,41,65H,9-40,42-50,67H2,1-2H3,(H2,66,76)(H,68,77)(H,69,78)(H,70,79)(H,71,80)(H,72,81)(H,73,82)(H,74,83)(H,75,84). The number of hydrogen-bond donors (Lipinski definition) is 10. The molecule has 0 saturated heterocycles. The number of carbonyl (C=O) groups excluding carboxylic acids is 9. The molecule has 1 atom stereocenters. The first-order chi connectivity index (χ1) is 50.2. The van der Waals surface area contributed by atoms with Gasteiger partial charge in [0.25, 0.3) is 5.91 Å². The Bertz CT molecular complexity index is 2590. The maximum absolute atomic E-state index is 12.2. The van der Waals surface area contributed by atoms with Gasteiger partial charge >= 0.3 is 0 Å².